The van der Waals surface area contributed by atoms with Crippen LogP contribution in [0.2, 0.25) is 0 Å². The number of aromatic nitrogens is 3. The van der Waals surface area contributed by atoms with Gasteiger partial charge in [-0.25, -0.2) is 4.98 Å². The molecule has 0 saturated carbocycles. The zero-order valence-corrected chi connectivity index (χ0v) is 6.84. The van der Waals surface area contributed by atoms with Gasteiger partial charge in [-0.05, 0) is 16.8 Å². The van der Waals surface area contributed by atoms with Gasteiger partial charge in [-0.3, -0.25) is 4.40 Å². The molecule has 0 N–H and O–H groups in total. The van der Waals surface area contributed by atoms with Crippen LogP contribution in [0.15, 0.2) is 18.6 Å². The van der Waals surface area contributed by atoms with E-state index in [1.807, 2.05) is 6.92 Å². The molecule has 0 aliphatic carbocycles. The van der Waals surface area contributed by atoms with E-state index in [1.165, 1.54) is 12.4 Å². The van der Waals surface area contributed by atoms with Crippen LogP contribution in [0.1, 0.15) is 5.69 Å². The van der Waals surface area contributed by atoms with E-state index in [0.29, 0.717) is 5.65 Å². The van der Waals surface area contributed by atoms with Crippen molar-refractivity contribution in [2.75, 3.05) is 0 Å². The molecule has 2 aromatic heterocycles. The summed E-state index contributed by atoms with van der Waals surface area (Å²) in [5.41, 5.74) is 1.42. The molecular weight excluding hydrogens is 172 g/mol. The lowest BCUT2D eigenvalue weighted by molar-refractivity contribution is -0.389. The summed E-state index contributed by atoms with van der Waals surface area (Å²) < 4.78 is 1.58. The van der Waals surface area contributed by atoms with Gasteiger partial charge < -0.3 is 10.1 Å². The van der Waals surface area contributed by atoms with E-state index in [-0.39, 0.29) is 5.82 Å². The number of aryl methyl sites for hydroxylation is 1. The first-order chi connectivity index (χ1) is 6.16. The monoisotopic (exact) mass is 178 g/mol. The number of rotatable bonds is 1. The van der Waals surface area contributed by atoms with Crippen molar-refractivity contribution in [3.8, 4) is 0 Å². The highest BCUT2D eigenvalue weighted by atomic mass is 16.6. The van der Waals surface area contributed by atoms with Crippen molar-refractivity contribution in [3.63, 3.8) is 0 Å². The first kappa shape index (κ1) is 7.66. The van der Waals surface area contributed by atoms with Crippen LogP contribution in [0.5, 0.6) is 0 Å². The van der Waals surface area contributed by atoms with Crippen LogP contribution < -0.4 is 0 Å². The van der Waals surface area contributed by atoms with Gasteiger partial charge in [-0.15, -0.1) is 0 Å². The average Bonchev–Trinajstić information content (AvgIpc) is 2.42. The van der Waals surface area contributed by atoms with Crippen molar-refractivity contribution < 1.29 is 4.92 Å². The van der Waals surface area contributed by atoms with E-state index < -0.39 is 4.92 Å². The van der Waals surface area contributed by atoms with Crippen LogP contribution >= 0.6 is 0 Å². The molecule has 2 rings (SSSR count). The third kappa shape index (κ3) is 1.22. The van der Waals surface area contributed by atoms with Crippen LogP contribution in [0.3, 0.4) is 0 Å². The van der Waals surface area contributed by atoms with Crippen LogP contribution in [-0.4, -0.2) is 19.3 Å². The second-order valence-electron chi connectivity index (χ2n) is 2.65. The lowest BCUT2D eigenvalue weighted by Crippen LogP contribution is -1.94. The largest absolute Gasteiger partial charge is 0.380 e. The third-order valence-corrected chi connectivity index (χ3v) is 1.64. The smallest absolute Gasteiger partial charge is 0.358 e. The molecule has 0 aliphatic heterocycles. The van der Waals surface area contributed by atoms with Crippen molar-refractivity contribution in [1.82, 2.24) is 14.4 Å². The first-order valence-electron chi connectivity index (χ1n) is 3.62. The summed E-state index contributed by atoms with van der Waals surface area (Å²) in [7, 11) is 0. The highest BCUT2D eigenvalue weighted by molar-refractivity contribution is 5.39. The minimum atomic E-state index is -0.533. The second-order valence-corrected chi connectivity index (χ2v) is 2.65. The lowest BCUT2D eigenvalue weighted by Gasteiger charge is -1.91. The molecule has 0 amide bonds. The van der Waals surface area contributed by atoms with Gasteiger partial charge in [0.25, 0.3) is 0 Å². The number of nitrogens with zero attached hydrogens (tertiary/aromatic N) is 4. The molecule has 0 saturated heterocycles. The Hall–Kier alpha value is -1.98. The molecule has 13 heavy (non-hydrogen) atoms. The zero-order valence-electron chi connectivity index (χ0n) is 6.84. The number of hydrogen-bond acceptors (Lipinski definition) is 4. The molecule has 0 spiro atoms. The Morgan fingerprint density at radius 2 is 2.31 bits per heavy atom. The van der Waals surface area contributed by atoms with Crippen LogP contribution in [0.25, 0.3) is 5.65 Å². The Kier molecular flexibility index (Phi) is 1.48. The zero-order chi connectivity index (χ0) is 9.42. The summed E-state index contributed by atoms with van der Waals surface area (Å²) in [6, 6.07) is 0. The van der Waals surface area contributed by atoms with Gasteiger partial charge in [0.15, 0.2) is 11.8 Å². The Morgan fingerprint density at radius 3 is 3.00 bits per heavy atom. The highest BCUT2D eigenvalue weighted by Gasteiger charge is 2.08. The molecule has 6 nitrogen and oxygen atoms in total. The van der Waals surface area contributed by atoms with Crippen molar-refractivity contribution in [2.24, 2.45) is 0 Å². The minimum absolute atomic E-state index is 0.176. The fraction of sp³-hybridized carbons (Fsp3) is 0.143. The summed E-state index contributed by atoms with van der Waals surface area (Å²) in [5.74, 6) is -0.176. The van der Waals surface area contributed by atoms with Gasteiger partial charge in [0.2, 0.25) is 0 Å². The summed E-state index contributed by atoms with van der Waals surface area (Å²) in [4.78, 5) is 17.6. The molecule has 0 atom stereocenters. The maximum absolute atomic E-state index is 10.4. The second kappa shape index (κ2) is 2.51. The molecule has 66 valence electrons. The molecule has 0 aliphatic rings. The van der Waals surface area contributed by atoms with Crippen molar-refractivity contribution in [2.45, 2.75) is 6.92 Å². The van der Waals surface area contributed by atoms with Crippen LogP contribution in [0.4, 0.5) is 5.82 Å². The molecule has 0 radical (unpaired) electrons. The number of hydrogen-bond donors (Lipinski definition) is 0. The Bertz CT molecular complexity index is 476. The highest BCUT2D eigenvalue weighted by Crippen LogP contribution is 2.09. The van der Waals surface area contributed by atoms with Gasteiger partial charge in [-0.1, -0.05) is 0 Å². The van der Waals surface area contributed by atoms with Crippen molar-refractivity contribution in [3.05, 3.63) is 34.4 Å². The SMILES string of the molecule is Cc1cn2cc([N+](=O)[O-])ncc2n1. The Morgan fingerprint density at radius 1 is 1.54 bits per heavy atom. The molecule has 0 aromatic carbocycles. The fourth-order valence-electron chi connectivity index (χ4n) is 1.11. The number of fused-ring (bicyclic) bond motifs is 1. The van der Waals surface area contributed by atoms with Gasteiger partial charge in [0, 0.05) is 6.20 Å². The molecule has 0 unspecified atom stereocenters. The van der Waals surface area contributed by atoms with E-state index in [9.17, 15) is 10.1 Å². The Labute approximate surface area is 73.0 Å². The van der Waals surface area contributed by atoms with Gasteiger partial charge in [0.05, 0.1) is 5.69 Å². The molecule has 0 bridgehead atoms. The normalized spacial score (nSPS) is 10.5. The first-order valence-corrected chi connectivity index (χ1v) is 3.62. The van der Waals surface area contributed by atoms with Gasteiger partial charge >= 0.3 is 5.82 Å². The van der Waals surface area contributed by atoms with Crippen molar-refractivity contribution in [1.29, 1.82) is 0 Å². The lowest BCUT2D eigenvalue weighted by atomic mass is 10.6. The van der Waals surface area contributed by atoms with Gasteiger partial charge in [0.1, 0.15) is 6.20 Å². The number of nitro groups is 1. The molecule has 2 aromatic rings. The molecular formula is C7H6N4O2. The molecule has 0 fully saturated rings. The summed E-state index contributed by atoms with van der Waals surface area (Å²) >= 11 is 0. The maximum Gasteiger partial charge on any atom is 0.380 e. The van der Waals surface area contributed by atoms with Crippen LogP contribution in [-0.2, 0) is 0 Å². The van der Waals surface area contributed by atoms with E-state index >= 15 is 0 Å². The predicted molar refractivity (Wildman–Crippen MR) is 44.4 cm³/mol. The van der Waals surface area contributed by atoms with Gasteiger partial charge in [-0.2, -0.15) is 0 Å². The predicted octanol–water partition coefficient (Wildman–Crippen LogP) is 0.946. The maximum atomic E-state index is 10.4. The average molecular weight is 178 g/mol. The fourth-order valence-corrected chi connectivity index (χ4v) is 1.11. The number of imidazole rings is 1. The van der Waals surface area contributed by atoms with Crippen LogP contribution in [0, 0.1) is 17.0 Å². The van der Waals surface area contributed by atoms with E-state index in [0.717, 1.165) is 5.69 Å². The molecule has 6 heteroatoms. The summed E-state index contributed by atoms with van der Waals surface area (Å²) in [6.45, 7) is 1.82. The van der Waals surface area contributed by atoms with E-state index in [4.69, 9.17) is 0 Å². The topological polar surface area (TPSA) is 73.3 Å². The molecule has 2 heterocycles. The quantitative estimate of drug-likeness (QED) is 0.481. The van der Waals surface area contributed by atoms with E-state index in [1.54, 1.807) is 10.6 Å². The summed E-state index contributed by atoms with van der Waals surface area (Å²) in [5, 5.41) is 10.4. The summed E-state index contributed by atoms with van der Waals surface area (Å²) in [6.07, 6.45) is 4.43. The minimum Gasteiger partial charge on any atom is -0.358 e. The standard InChI is InChI=1S/C7H6N4O2/c1-5-3-10-4-7(11(12)13)8-2-6(10)9-5/h2-4H,1H3. The third-order valence-electron chi connectivity index (χ3n) is 1.64. The Balaban J connectivity index is 2.67. The van der Waals surface area contributed by atoms with E-state index in [2.05, 4.69) is 9.97 Å². The van der Waals surface area contributed by atoms with Crippen molar-refractivity contribution >= 4 is 11.5 Å².